The quantitative estimate of drug-likeness (QED) is 0.754. The molecule has 0 radical (unpaired) electrons. The number of hydrogen-bond acceptors (Lipinski definition) is 3. The highest BCUT2D eigenvalue weighted by Crippen LogP contribution is 2.16. The molecule has 0 aliphatic rings. The average Bonchev–Trinajstić information content (AvgIpc) is 2.35. The first kappa shape index (κ1) is 15.4. The van der Waals surface area contributed by atoms with Gasteiger partial charge in [-0.15, -0.1) is 0 Å². The molecule has 1 rings (SSSR count). The van der Waals surface area contributed by atoms with Crippen molar-refractivity contribution in [2.75, 3.05) is 11.9 Å². The fourth-order valence-electron chi connectivity index (χ4n) is 1.43. The number of benzene rings is 1. The molecule has 0 heterocycles. The number of carbonyl (C=O) groups excluding carboxylic acids is 1. The third-order valence-electron chi connectivity index (χ3n) is 2.47. The fourth-order valence-corrected chi connectivity index (χ4v) is 1.49. The normalized spacial score (nSPS) is 10.3. The maximum absolute atomic E-state index is 11.6. The summed E-state index contributed by atoms with van der Waals surface area (Å²) < 4.78 is 5.33. The molecule has 5 heteroatoms. The van der Waals surface area contributed by atoms with Crippen LogP contribution in [0.5, 0.6) is 5.75 Å². The second kappa shape index (κ2) is 7.74. The van der Waals surface area contributed by atoms with Gasteiger partial charge in [-0.3, -0.25) is 4.79 Å². The first-order chi connectivity index (χ1) is 8.97. The van der Waals surface area contributed by atoms with Gasteiger partial charge in [0.05, 0.1) is 0 Å². The van der Waals surface area contributed by atoms with Gasteiger partial charge in [-0.2, -0.15) is 0 Å². The smallest absolute Gasteiger partial charge is 0.224 e. The highest BCUT2D eigenvalue weighted by atomic mass is 32.1. The summed E-state index contributed by atoms with van der Waals surface area (Å²) in [5.74, 6) is 1.24. The minimum Gasteiger partial charge on any atom is -0.487 e. The van der Waals surface area contributed by atoms with Crippen LogP contribution in [0.25, 0.3) is 0 Å². The van der Waals surface area contributed by atoms with Crippen molar-refractivity contribution in [1.82, 2.24) is 0 Å². The molecule has 0 unspecified atom stereocenters. The molecule has 0 saturated heterocycles. The summed E-state index contributed by atoms with van der Waals surface area (Å²) >= 11 is 4.72. The van der Waals surface area contributed by atoms with E-state index < -0.39 is 0 Å². The second-order valence-electron chi connectivity index (χ2n) is 4.76. The van der Waals surface area contributed by atoms with Crippen LogP contribution in [0.1, 0.15) is 26.7 Å². The Morgan fingerprint density at radius 2 is 2.00 bits per heavy atom. The van der Waals surface area contributed by atoms with Gasteiger partial charge in [-0.1, -0.05) is 26.1 Å². The van der Waals surface area contributed by atoms with Crippen molar-refractivity contribution in [2.45, 2.75) is 26.7 Å². The van der Waals surface area contributed by atoms with Crippen LogP contribution in [-0.4, -0.2) is 17.5 Å². The predicted octanol–water partition coefficient (Wildman–Crippen LogP) is 2.73. The molecule has 0 aromatic heterocycles. The van der Waals surface area contributed by atoms with Crippen LogP contribution in [0.15, 0.2) is 24.3 Å². The van der Waals surface area contributed by atoms with Crippen LogP contribution in [0.3, 0.4) is 0 Å². The van der Waals surface area contributed by atoms with Crippen molar-refractivity contribution >= 4 is 28.8 Å². The van der Waals surface area contributed by atoms with E-state index in [4.69, 9.17) is 22.7 Å². The average molecular weight is 280 g/mol. The van der Waals surface area contributed by atoms with Crippen LogP contribution >= 0.6 is 12.2 Å². The fraction of sp³-hybridized carbons (Fsp3) is 0.429. The lowest BCUT2D eigenvalue weighted by Gasteiger charge is -2.08. The number of carbonyl (C=O) groups is 1. The molecule has 0 aliphatic heterocycles. The van der Waals surface area contributed by atoms with Gasteiger partial charge in [0.25, 0.3) is 0 Å². The second-order valence-corrected chi connectivity index (χ2v) is 5.28. The maximum Gasteiger partial charge on any atom is 0.224 e. The summed E-state index contributed by atoms with van der Waals surface area (Å²) in [6.45, 7) is 4.41. The van der Waals surface area contributed by atoms with Crippen LogP contribution < -0.4 is 15.8 Å². The number of nitrogens with one attached hydrogen (secondary N) is 1. The molecule has 0 atom stereocenters. The molecular weight excluding hydrogens is 260 g/mol. The molecule has 1 amide bonds. The van der Waals surface area contributed by atoms with Gasteiger partial charge < -0.3 is 15.8 Å². The van der Waals surface area contributed by atoms with E-state index in [0.29, 0.717) is 23.1 Å². The van der Waals surface area contributed by atoms with Crippen LogP contribution in [0, 0.1) is 5.92 Å². The molecule has 3 N–H and O–H groups in total. The topological polar surface area (TPSA) is 64.3 Å². The Balaban J connectivity index is 2.43. The van der Waals surface area contributed by atoms with Crippen molar-refractivity contribution in [3.05, 3.63) is 24.3 Å². The lowest BCUT2D eigenvalue weighted by atomic mass is 10.1. The molecule has 104 valence electrons. The molecule has 0 aliphatic carbocycles. The zero-order valence-electron chi connectivity index (χ0n) is 11.3. The summed E-state index contributed by atoms with van der Waals surface area (Å²) in [6, 6.07) is 7.14. The Kier molecular flexibility index (Phi) is 6.29. The molecule has 1 aromatic rings. The summed E-state index contributed by atoms with van der Waals surface area (Å²) in [6.07, 6.45) is 1.43. The minimum absolute atomic E-state index is 0.0329. The first-order valence-corrected chi connectivity index (χ1v) is 6.69. The highest BCUT2D eigenvalue weighted by Gasteiger charge is 2.04. The molecular formula is C14H20N2O2S. The van der Waals surface area contributed by atoms with E-state index in [0.717, 1.165) is 12.1 Å². The number of anilines is 1. The number of hydrogen-bond donors (Lipinski definition) is 2. The van der Waals surface area contributed by atoms with Crippen molar-refractivity contribution in [3.63, 3.8) is 0 Å². The third-order valence-corrected chi connectivity index (χ3v) is 2.59. The molecule has 4 nitrogen and oxygen atoms in total. The van der Waals surface area contributed by atoms with E-state index >= 15 is 0 Å². The van der Waals surface area contributed by atoms with E-state index in [2.05, 4.69) is 19.2 Å². The lowest BCUT2D eigenvalue weighted by Crippen LogP contribution is -2.17. The summed E-state index contributed by atoms with van der Waals surface area (Å²) in [5.41, 5.74) is 6.10. The zero-order valence-corrected chi connectivity index (χ0v) is 12.1. The van der Waals surface area contributed by atoms with E-state index in [-0.39, 0.29) is 12.5 Å². The van der Waals surface area contributed by atoms with Crippen molar-refractivity contribution < 1.29 is 9.53 Å². The maximum atomic E-state index is 11.6. The SMILES string of the molecule is CC(C)CCC(=O)Nc1ccc(OCC(N)=S)cc1. The first-order valence-electron chi connectivity index (χ1n) is 6.28. The molecule has 19 heavy (non-hydrogen) atoms. The molecule has 0 bridgehead atoms. The highest BCUT2D eigenvalue weighted by molar-refractivity contribution is 7.80. The van der Waals surface area contributed by atoms with E-state index in [9.17, 15) is 4.79 Å². The van der Waals surface area contributed by atoms with Gasteiger partial charge in [-0.05, 0) is 36.6 Å². The monoisotopic (exact) mass is 280 g/mol. The number of rotatable bonds is 7. The van der Waals surface area contributed by atoms with E-state index in [1.54, 1.807) is 24.3 Å². The van der Waals surface area contributed by atoms with Crippen molar-refractivity contribution in [3.8, 4) is 5.75 Å². The van der Waals surface area contributed by atoms with Gasteiger partial charge in [0.2, 0.25) is 5.91 Å². The van der Waals surface area contributed by atoms with Crippen molar-refractivity contribution in [1.29, 1.82) is 0 Å². The summed E-state index contributed by atoms with van der Waals surface area (Å²) in [4.78, 5) is 12.0. The summed E-state index contributed by atoms with van der Waals surface area (Å²) in [5, 5.41) is 2.84. The lowest BCUT2D eigenvalue weighted by molar-refractivity contribution is -0.116. The molecule has 0 saturated carbocycles. The van der Waals surface area contributed by atoms with Gasteiger partial charge in [-0.25, -0.2) is 0 Å². The van der Waals surface area contributed by atoms with Gasteiger partial charge in [0, 0.05) is 12.1 Å². The Labute approximate surface area is 119 Å². The van der Waals surface area contributed by atoms with Gasteiger partial charge in [0.15, 0.2) is 0 Å². The molecule has 0 fully saturated rings. The standard InChI is InChI=1S/C14H20N2O2S/c1-10(2)3-8-14(17)16-11-4-6-12(7-5-11)18-9-13(15)19/h4-7,10H,3,8-9H2,1-2H3,(H2,15,19)(H,16,17). The molecule has 0 spiro atoms. The Bertz CT molecular complexity index is 430. The van der Waals surface area contributed by atoms with Crippen molar-refractivity contribution in [2.24, 2.45) is 11.7 Å². The molecule has 1 aromatic carbocycles. The predicted molar refractivity (Wildman–Crippen MR) is 81.4 cm³/mol. The Morgan fingerprint density at radius 3 is 2.53 bits per heavy atom. The van der Waals surface area contributed by atoms with E-state index in [1.165, 1.54) is 0 Å². The third kappa shape index (κ3) is 6.76. The van der Waals surface area contributed by atoms with Gasteiger partial charge >= 0.3 is 0 Å². The minimum atomic E-state index is 0.0329. The van der Waals surface area contributed by atoms with Crippen LogP contribution in [0.2, 0.25) is 0 Å². The number of ether oxygens (including phenoxy) is 1. The van der Waals surface area contributed by atoms with Crippen LogP contribution in [-0.2, 0) is 4.79 Å². The Morgan fingerprint density at radius 1 is 1.37 bits per heavy atom. The van der Waals surface area contributed by atoms with E-state index in [1.807, 2.05) is 0 Å². The van der Waals surface area contributed by atoms with Gasteiger partial charge in [0.1, 0.15) is 17.3 Å². The zero-order chi connectivity index (χ0) is 14.3. The number of amides is 1. The largest absolute Gasteiger partial charge is 0.487 e. The van der Waals surface area contributed by atoms with Crippen LogP contribution in [0.4, 0.5) is 5.69 Å². The summed E-state index contributed by atoms with van der Waals surface area (Å²) in [7, 11) is 0. The Hall–Kier alpha value is -1.62. The number of nitrogens with two attached hydrogens (primary N) is 1. The number of thiocarbonyl (C=S) groups is 1.